The Balaban J connectivity index is 1.52. The van der Waals surface area contributed by atoms with Crippen molar-refractivity contribution in [3.8, 4) is 0 Å². The average Bonchev–Trinajstić information content (AvgIpc) is 2.97. The first kappa shape index (κ1) is 17.2. The van der Waals surface area contributed by atoms with Crippen LogP contribution in [0.4, 0.5) is 0 Å². The second kappa shape index (κ2) is 5.32. The SMILES string of the molecule is CC(=O)[C@H]1CCC2C3C[C@H]4OC[C@@]5(CC[C@H](O)C[C@]45Br)C3CC[C@@]21C. The number of fused-ring (bicyclic) bond motifs is 3. The molecule has 3 unspecified atom stereocenters. The van der Waals surface area contributed by atoms with Gasteiger partial charge in [-0.3, -0.25) is 4.79 Å². The summed E-state index contributed by atoms with van der Waals surface area (Å²) in [6.45, 7) is 5.09. The predicted molar refractivity (Wildman–Crippen MR) is 99.5 cm³/mol. The Bertz CT molecular complexity index is 608. The lowest BCUT2D eigenvalue weighted by Crippen LogP contribution is -2.63. The lowest BCUT2D eigenvalue weighted by atomic mass is 9.44. The molecule has 5 rings (SSSR count). The standard InChI is InChI=1S/C21H31BrO3/c1-12(23)15-3-4-16-14-9-18-21(22)10-13(24)5-8-20(21,11-25-18)17(14)6-7-19(15,16)2/h13-18,24H,3-11H2,1-2H3/t13-,14?,15+,16?,17?,18+,19+,20-,21-/m0/s1. The Morgan fingerprint density at radius 3 is 2.72 bits per heavy atom. The number of aliphatic hydroxyl groups excluding tert-OH is 1. The first-order valence-electron chi connectivity index (χ1n) is 10.3. The van der Waals surface area contributed by atoms with Crippen molar-refractivity contribution in [2.75, 3.05) is 6.61 Å². The van der Waals surface area contributed by atoms with E-state index in [2.05, 4.69) is 22.9 Å². The van der Waals surface area contributed by atoms with Gasteiger partial charge in [0.2, 0.25) is 0 Å². The second-order valence-electron chi connectivity index (χ2n) is 10.1. The van der Waals surface area contributed by atoms with Crippen LogP contribution in [0.5, 0.6) is 0 Å². The van der Waals surface area contributed by atoms with Crippen LogP contribution in [0.1, 0.15) is 65.2 Å². The summed E-state index contributed by atoms with van der Waals surface area (Å²) >= 11 is 4.14. The average molecular weight is 411 g/mol. The van der Waals surface area contributed by atoms with Crippen LogP contribution in [-0.4, -0.2) is 34.0 Å². The fourth-order valence-electron chi connectivity index (χ4n) is 8.38. The largest absolute Gasteiger partial charge is 0.393 e. The van der Waals surface area contributed by atoms with Crippen molar-refractivity contribution >= 4 is 21.7 Å². The van der Waals surface area contributed by atoms with Crippen LogP contribution in [0, 0.1) is 34.5 Å². The minimum absolute atomic E-state index is 0.0227. The van der Waals surface area contributed by atoms with E-state index in [9.17, 15) is 9.90 Å². The summed E-state index contributed by atoms with van der Waals surface area (Å²) in [5.74, 6) is 2.77. The van der Waals surface area contributed by atoms with E-state index in [-0.39, 0.29) is 33.3 Å². The molecule has 140 valence electrons. The molecular formula is C21H31BrO3. The van der Waals surface area contributed by atoms with E-state index in [1.54, 1.807) is 0 Å². The Morgan fingerprint density at radius 1 is 1.16 bits per heavy atom. The quantitative estimate of drug-likeness (QED) is 0.661. The minimum Gasteiger partial charge on any atom is -0.393 e. The second-order valence-corrected chi connectivity index (χ2v) is 11.5. The lowest BCUT2D eigenvalue weighted by Gasteiger charge is -2.62. The molecule has 0 amide bonds. The van der Waals surface area contributed by atoms with Crippen molar-refractivity contribution in [1.29, 1.82) is 0 Å². The smallest absolute Gasteiger partial charge is 0.133 e. The van der Waals surface area contributed by atoms with Crippen LogP contribution in [0.25, 0.3) is 0 Å². The number of hydrogen-bond donors (Lipinski definition) is 1. The van der Waals surface area contributed by atoms with E-state index in [0.29, 0.717) is 23.5 Å². The van der Waals surface area contributed by atoms with E-state index >= 15 is 0 Å². The van der Waals surface area contributed by atoms with Gasteiger partial charge in [0.1, 0.15) is 5.78 Å². The minimum atomic E-state index is -0.185. The number of halogens is 1. The highest BCUT2D eigenvalue weighted by Gasteiger charge is 2.72. The number of carbonyl (C=O) groups excluding carboxylic acids is 1. The van der Waals surface area contributed by atoms with Gasteiger partial charge in [-0.25, -0.2) is 0 Å². The first-order valence-corrected chi connectivity index (χ1v) is 11.1. The van der Waals surface area contributed by atoms with Crippen LogP contribution >= 0.6 is 15.9 Å². The molecule has 4 saturated carbocycles. The van der Waals surface area contributed by atoms with E-state index in [1.807, 2.05) is 6.92 Å². The molecule has 2 bridgehead atoms. The molecule has 0 aromatic heterocycles. The summed E-state index contributed by atoms with van der Waals surface area (Å²) in [7, 11) is 0. The Hall–Kier alpha value is 0.0700. The maximum absolute atomic E-state index is 12.3. The van der Waals surface area contributed by atoms with Crippen molar-refractivity contribution in [2.24, 2.45) is 34.5 Å². The first-order chi connectivity index (χ1) is 11.8. The van der Waals surface area contributed by atoms with Crippen molar-refractivity contribution in [3.63, 3.8) is 0 Å². The van der Waals surface area contributed by atoms with Gasteiger partial charge in [0.05, 0.1) is 23.1 Å². The summed E-state index contributed by atoms with van der Waals surface area (Å²) in [5.41, 5.74) is 0.416. The van der Waals surface area contributed by atoms with Gasteiger partial charge in [0.25, 0.3) is 0 Å². The molecule has 4 aliphatic carbocycles. The van der Waals surface area contributed by atoms with E-state index in [0.717, 1.165) is 38.7 Å². The van der Waals surface area contributed by atoms with E-state index in [1.165, 1.54) is 19.3 Å². The number of carbonyl (C=O) groups is 1. The number of ether oxygens (including phenoxy) is 1. The van der Waals surface area contributed by atoms with Crippen LogP contribution in [-0.2, 0) is 9.53 Å². The maximum atomic E-state index is 12.3. The van der Waals surface area contributed by atoms with Gasteiger partial charge in [-0.1, -0.05) is 22.9 Å². The fraction of sp³-hybridized carbons (Fsp3) is 0.952. The van der Waals surface area contributed by atoms with Gasteiger partial charge in [-0.05, 0) is 81.5 Å². The number of hydrogen-bond acceptors (Lipinski definition) is 3. The van der Waals surface area contributed by atoms with E-state index in [4.69, 9.17) is 4.74 Å². The molecule has 5 fully saturated rings. The lowest BCUT2D eigenvalue weighted by molar-refractivity contribution is -0.131. The third-order valence-electron chi connectivity index (χ3n) is 9.46. The van der Waals surface area contributed by atoms with Gasteiger partial charge in [-0.2, -0.15) is 0 Å². The molecule has 3 nitrogen and oxygen atoms in total. The summed E-state index contributed by atoms with van der Waals surface area (Å²) in [4.78, 5) is 12.3. The third kappa shape index (κ3) is 1.97. The molecule has 0 aromatic rings. The van der Waals surface area contributed by atoms with Crippen molar-refractivity contribution in [3.05, 3.63) is 0 Å². The van der Waals surface area contributed by atoms with Crippen LogP contribution < -0.4 is 0 Å². The Kier molecular flexibility index (Phi) is 3.66. The molecule has 0 radical (unpaired) electrons. The zero-order valence-corrected chi connectivity index (χ0v) is 17.1. The molecule has 4 heteroatoms. The number of aliphatic hydroxyl groups is 1. The van der Waals surface area contributed by atoms with Crippen LogP contribution in [0.3, 0.4) is 0 Å². The monoisotopic (exact) mass is 410 g/mol. The highest BCUT2D eigenvalue weighted by Crippen LogP contribution is 2.72. The summed E-state index contributed by atoms with van der Waals surface area (Å²) in [6, 6.07) is 0. The maximum Gasteiger partial charge on any atom is 0.133 e. The van der Waals surface area contributed by atoms with Crippen molar-refractivity contribution < 1.29 is 14.6 Å². The van der Waals surface area contributed by atoms with Gasteiger partial charge in [0, 0.05) is 11.3 Å². The molecule has 1 aliphatic heterocycles. The van der Waals surface area contributed by atoms with Crippen molar-refractivity contribution in [2.45, 2.75) is 81.7 Å². The molecule has 25 heavy (non-hydrogen) atoms. The normalized spacial score (nSPS) is 59.8. The van der Waals surface area contributed by atoms with Crippen LogP contribution in [0.15, 0.2) is 0 Å². The van der Waals surface area contributed by atoms with Gasteiger partial charge < -0.3 is 9.84 Å². The summed E-state index contributed by atoms with van der Waals surface area (Å²) in [5, 5.41) is 10.3. The zero-order valence-electron chi connectivity index (χ0n) is 15.5. The molecule has 5 aliphatic rings. The Labute approximate surface area is 159 Å². The molecule has 1 saturated heterocycles. The number of ketones is 1. The number of alkyl halides is 1. The zero-order chi connectivity index (χ0) is 17.6. The summed E-state index contributed by atoms with van der Waals surface area (Å²) < 4.78 is 6.37. The molecule has 1 heterocycles. The molecular weight excluding hydrogens is 380 g/mol. The molecule has 0 aromatic carbocycles. The molecule has 0 spiro atoms. The molecule has 9 atom stereocenters. The topological polar surface area (TPSA) is 46.5 Å². The fourth-order valence-corrected chi connectivity index (χ4v) is 9.68. The van der Waals surface area contributed by atoms with Gasteiger partial charge >= 0.3 is 0 Å². The number of rotatable bonds is 1. The van der Waals surface area contributed by atoms with Gasteiger partial charge in [0.15, 0.2) is 0 Å². The highest BCUT2D eigenvalue weighted by atomic mass is 79.9. The third-order valence-corrected chi connectivity index (χ3v) is 11.1. The predicted octanol–water partition coefficient (Wildman–Crippen LogP) is 4.10. The summed E-state index contributed by atoms with van der Waals surface area (Å²) in [6.07, 6.45) is 8.79. The Morgan fingerprint density at radius 2 is 1.96 bits per heavy atom. The van der Waals surface area contributed by atoms with Crippen LogP contribution in [0.2, 0.25) is 0 Å². The van der Waals surface area contributed by atoms with Gasteiger partial charge in [-0.15, -0.1) is 0 Å². The molecule has 1 N–H and O–H groups in total. The number of Topliss-reactive ketones (excluding diaryl/α,β-unsaturated/α-hetero) is 1. The highest BCUT2D eigenvalue weighted by molar-refractivity contribution is 9.10. The van der Waals surface area contributed by atoms with E-state index < -0.39 is 0 Å². The van der Waals surface area contributed by atoms with Crippen molar-refractivity contribution in [1.82, 2.24) is 0 Å².